The van der Waals surface area contributed by atoms with Crippen molar-refractivity contribution in [1.29, 1.82) is 0 Å². The molecule has 1 heterocycles. The normalized spacial score (nSPS) is 12.7. The summed E-state index contributed by atoms with van der Waals surface area (Å²) in [5, 5.41) is 1.11. The molecule has 3 nitrogen and oxygen atoms in total. The highest BCUT2D eigenvalue weighted by Gasteiger charge is 2.24. The molecule has 0 saturated heterocycles. The SMILES string of the molecule is CCN(C)CCC/C=C(\CCc1ccccc1)C(c1ccccc1)c1cc2cc(Br)ccc2nc1OC. The molecule has 0 radical (unpaired) electrons. The number of halogens is 1. The third-order valence-corrected chi connectivity index (χ3v) is 7.51. The minimum Gasteiger partial charge on any atom is -0.481 e. The Morgan fingerprint density at radius 3 is 2.43 bits per heavy atom. The maximum Gasteiger partial charge on any atom is 0.217 e. The summed E-state index contributed by atoms with van der Waals surface area (Å²) in [6.45, 7) is 4.39. The highest BCUT2D eigenvalue weighted by Crippen LogP contribution is 2.40. The first-order valence-electron chi connectivity index (χ1n) is 13.2. The van der Waals surface area contributed by atoms with Gasteiger partial charge in [-0.05, 0) is 81.2 Å². The van der Waals surface area contributed by atoms with Crippen molar-refractivity contribution in [3.63, 3.8) is 0 Å². The van der Waals surface area contributed by atoms with Gasteiger partial charge in [-0.25, -0.2) is 4.98 Å². The lowest BCUT2D eigenvalue weighted by molar-refractivity contribution is 0.348. The summed E-state index contributed by atoms with van der Waals surface area (Å²) in [5.41, 5.74) is 6.10. The fourth-order valence-corrected chi connectivity index (χ4v) is 5.24. The van der Waals surface area contributed by atoms with E-state index in [0.29, 0.717) is 5.88 Å². The van der Waals surface area contributed by atoms with Crippen LogP contribution in [0, 0.1) is 0 Å². The zero-order valence-corrected chi connectivity index (χ0v) is 23.7. The highest BCUT2D eigenvalue weighted by atomic mass is 79.9. The van der Waals surface area contributed by atoms with Gasteiger partial charge in [0.1, 0.15) is 0 Å². The Morgan fingerprint density at radius 1 is 1.00 bits per heavy atom. The van der Waals surface area contributed by atoms with E-state index >= 15 is 0 Å². The van der Waals surface area contributed by atoms with Gasteiger partial charge in [0.2, 0.25) is 5.88 Å². The number of ether oxygens (including phenoxy) is 1. The molecule has 37 heavy (non-hydrogen) atoms. The molecule has 0 bridgehead atoms. The van der Waals surface area contributed by atoms with E-state index < -0.39 is 0 Å². The number of aryl methyl sites for hydroxylation is 1. The molecule has 0 spiro atoms. The second kappa shape index (κ2) is 13.6. The Labute approximate surface area is 230 Å². The molecule has 0 aliphatic rings. The maximum atomic E-state index is 5.91. The number of benzene rings is 3. The number of pyridine rings is 1. The molecule has 0 N–H and O–H groups in total. The number of rotatable bonds is 12. The second-order valence-corrected chi connectivity index (χ2v) is 10.5. The van der Waals surface area contributed by atoms with Crippen LogP contribution < -0.4 is 4.74 Å². The van der Waals surface area contributed by atoms with Gasteiger partial charge in [0.05, 0.1) is 12.6 Å². The predicted octanol–water partition coefficient (Wildman–Crippen LogP) is 8.43. The summed E-state index contributed by atoms with van der Waals surface area (Å²) in [6, 6.07) is 30.1. The van der Waals surface area contributed by atoms with Crippen LogP contribution >= 0.6 is 15.9 Å². The number of hydrogen-bond donors (Lipinski definition) is 0. The van der Waals surface area contributed by atoms with E-state index in [-0.39, 0.29) is 5.92 Å². The molecule has 192 valence electrons. The molecule has 4 rings (SSSR count). The molecule has 1 unspecified atom stereocenters. The molecule has 4 heteroatoms. The molecule has 0 saturated carbocycles. The molecule has 3 aromatic carbocycles. The molecule has 0 amide bonds. The zero-order valence-electron chi connectivity index (χ0n) is 22.2. The van der Waals surface area contributed by atoms with Crippen LogP contribution in [0.1, 0.15) is 48.8 Å². The third-order valence-electron chi connectivity index (χ3n) is 7.01. The van der Waals surface area contributed by atoms with Crippen molar-refractivity contribution in [2.45, 2.75) is 38.5 Å². The first kappa shape index (κ1) is 27.1. The Morgan fingerprint density at radius 2 is 1.73 bits per heavy atom. The molecule has 4 aromatic rings. The molecule has 0 aliphatic carbocycles. The van der Waals surface area contributed by atoms with E-state index in [2.05, 4.69) is 114 Å². The van der Waals surface area contributed by atoms with E-state index in [0.717, 1.165) is 59.7 Å². The quantitative estimate of drug-likeness (QED) is 0.129. The molecule has 1 aromatic heterocycles. The monoisotopic (exact) mass is 556 g/mol. The lowest BCUT2D eigenvalue weighted by Crippen LogP contribution is -2.18. The number of allylic oxidation sites excluding steroid dienone is 2. The summed E-state index contributed by atoms with van der Waals surface area (Å²) in [5.74, 6) is 0.764. The second-order valence-electron chi connectivity index (χ2n) is 9.57. The van der Waals surface area contributed by atoms with Crippen LogP contribution in [-0.2, 0) is 6.42 Å². The zero-order chi connectivity index (χ0) is 26.0. The third kappa shape index (κ3) is 7.30. The first-order valence-corrected chi connectivity index (χ1v) is 14.0. The van der Waals surface area contributed by atoms with Crippen LogP contribution in [0.5, 0.6) is 5.88 Å². The topological polar surface area (TPSA) is 25.4 Å². The minimum absolute atomic E-state index is 0.0691. The number of methoxy groups -OCH3 is 1. The Balaban J connectivity index is 1.79. The van der Waals surface area contributed by atoms with Crippen molar-refractivity contribution in [2.24, 2.45) is 0 Å². The summed E-state index contributed by atoms with van der Waals surface area (Å²) in [6.07, 6.45) is 6.65. The van der Waals surface area contributed by atoms with Gasteiger partial charge < -0.3 is 9.64 Å². The fraction of sp³-hybridized carbons (Fsp3) is 0.303. The Bertz CT molecular complexity index is 1300. The van der Waals surface area contributed by atoms with Crippen molar-refractivity contribution >= 4 is 26.8 Å². The lowest BCUT2D eigenvalue weighted by atomic mass is 9.81. The van der Waals surface area contributed by atoms with Gasteiger partial charge in [-0.15, -0.1) is 0 Å². The number of aromatic nitrogens is 1. The Kier molecular flexibility index (Phi) is 9.92. The number of fused-ring (bicyclic) bond motifs is 1. The summed E-state index contributed by atoms with van der Waals surface area (Å²) < 4.78 is 6.96. The van der Waals surface area contributed by atoms with Gasteiger partial charge in [-0.3, -0.25) is 0 Å². The van der Waals surface area contributed by atoms with E-state index in [1.165, 1.54) is 16.7 Å². The van der Waals surface area contributed by atoms with Gasteiger partial charge in [-0.2, -0.15) is 0 Å². The lowest BCUT2D eigenvalue weighted by Gasteiger charge is -2.24. The summed E-state index contributed by atoms with van der Waals surface area (Å²) >= 11 is 3.64. The fourth-order valence-electron chi connectivity index (χ4n) is 4.86. The van der Waals surface area contributed by atoms with Crippen LogP contribution in [0.3, 0.4) is 0 Å². The van der Waals surface area contributed by atoms with Gasteiger partial charge in [0, 0.05) is 21.3 Å². The molecule has 0 fully saturated rings. The van der Waals surface area contributed by atoms with Crippen molar-refractivity contribution in [1.82, 2.24) is 9.88 Å². The van der Waals surface area contributed by atoms with Crippen LogP contribution in [0.15, 0.2) is 101 Å². The highest BCUT2D eigenvalue weighted by molar-refractivity contribution is 9.10. The summed E-state index contributed by atoms with van der Waals surface area (Å²) in [7, 11) is 3.92. The van der Waals surface area contributed by atoms with Gasteiger partial charge >= 0.3 is 0 Å². The van der Waals surface area contributed by atoms with Crippen LogP contribution in [-0.4, -0.2) is 37.1 Å². The van der Waals surface area contributed by atoms with Crippen LogP contribution in [0.2, 0.25) is 0 Å². The predicted molar refractivity (Wildman–Crippen MR) is 160 cm³/mol. The Hall–Kier alpha value is -2.95. The van der Waals surface area contributed by atoms with E-state index in [1.807, 2.05) is 12.1 Å². The van der Waals surface area contributed by atoms with Crippen LogP contribution in [0.25, 0.3) is 10.9 Å². The maximum absolute atomic E-state index is 5.91. The smallest absolute Gasteiger partial charge is 0.217 e. The van der Waals surface area contributed by atoms with Crippen molar-refractivity contribution in [3.8, 4) is 5.88 Å². The number of hydrogen-bond acceptors (Lipinski definition) is 3. The van der Waals surface area contributed by atoms with Gasteiger partial charge in [0.25, 0.3) is 0 Å². The van der Waals surface area contributed by atoms with Gasteiger partial charge in [0.15, 0.2) is 0 Å². The van der Waals surface area contributed by atoms with E-state index in [4.69, 9.17) is 9.72 Å². The molecule has 0 aliphatic heterocycles. The van der Waals surface area contributed by atoms with Crippen molar-refractivity contribution < 1.29 is 4.74 Å². The number of unbranched alkanes of at least 4 members (excludes halogenated alkanes) is 1. The molecule has 1 atom stereocenters. The van der Waals surface area contributed by atoms with E-state index in [1.54, 1.807) is 7.11 Å². The number of nitrogens with zero attached hydrogens (tertiary/aromatic N) is 2. The van der Waals surface area contributed by atoms with Crippen molar-refractivity contribution in [3.05, 3.63) is 118 Å². The standard InChI is InChI=1S/C33H37BrN2O/c1-4-36(2)22-12-11-17-27(19-18-25-13-7-5-8-14-25)32(26-15-9-6-10-16-26)30-24-28-23-29(34)20-21-31(28)35-33(30)37-3/h5-10,13-17,20-21,23-24,32H,4,11-12,18-19,22H2,1-3H3/b27-17+. The van der Waals surface area contributed by atoms with Crippen molar-refractivity contribution in [2.75, 3.05) is 27.2 Å². The largest absolute Gasteiger partial charge is 0.481 e. The molecular formula is C33H37BrN2O. The van der Waals surface area contributed by atoms with Gasteiger partial charge in [-0.1, -0.05) is 95.2 Å². The minimum atomic E-state index is 0.0691. The van der Waals surface area contributed by atoms with Crippen LogP contribution in [0.4, 0.5) is 0 Å². The summed E-state index contributed by atoms with van der Waals surface area (Å²) in [4.78, 5) is 7.31. The van der Waals surface area contributed by atoms with E-state index in [9.17, 15) is 0 Å². The molecular weight excluding hydrogens is 520 g/mol. The average molecular weight is 558 g/mol. The first-order chi connectivity index (χ1) is 18.1. The average Bonchev–Trinajstić information content (AvgIpc) is 2.94.